The van der Waals surface area contributed by atoms with E-state index < -0.39 is 0 Å². The molecule has 140 valence electrons. The van der Waals surface area contributed by atoms with Crippen LogP contribution in [0.2, 0.25) is 0 Å². The minimum Gasteiger partial charge on any atom is -0.0805 e. The summed E-state index contributed by atoms with van der Waals surface area (Å²) < 4.78 is 0. The van der Waals surface area contributed by atoms with Gasteiger partial charge in [-0.3, -0.25) is 0 Å². The molecule has 0 saturated heterocycles. The van der Waals surface area contributed by atoms with Gasteiger partial charge in [-0.1, -0.05) is 78.9 Å². The zero-order chi connectivity index (χ0) is 19.0. The number of hydrogen-bond acceptors (Lipinski definition) is 0. The third-order valence-electron chi connectivity index (χ3n) is 7.92. The fourth-order valence-electron chi connectivity index (χ4n) is 6.24. The minimum atomic E-state index is 0.489. The van der Waals surface area contributed by atoms with Gasteiger partial charge in [0, 0.05) is 5.41 Å². The quantitative estimate of drug-likeness (QED) is 0.430. The summed E-state index contributed by atoms with van der Waals surface area (Å²) in [5.74, 6) is 0.804. The second kappa shape index (κ2) is 5.60. The first kappa shape index (κ1) is 16.0. The molecule has 0 N–H and O–H groups in total. The van der Waals surface area contributed by atoms with Gasteiger partial charge in [0.2, 0.25) is 0 Å². The number of benzene rings is 3. The molecule has 3 aromatic carbocycles. The summed E-state index contributed by atoms with van der Waals surface area (Å²) in [5, 5.41) is 0. The van der Waals surface area contributed by atoms with Crippen molar-refractivity contribution in [2.45, 2.75) is 32.1 Å². The molecule has 0 aromatic heterocycles. The van der Waals surface area contributed by atoms with Crippen molar-refractivity contribution >= 4 is 5.57 Å². The van der Waals surface area contributed by atoms with Crippen LogP contribution in [0.15, 0.2) is 78.9 Å². The van der Waals surface area contributed by atoms with Crippen molar-refractivity contribution in [3.05, 3.63) is 101 Å². The molecule has 0 amide bonds. The Bertz CT molecular complexity index is 1240. The molecule has 0 aliphatic heterocycles. The lowest BCUT2D eigenvalue weighted by molar-refractivity contribution is 0.550. The van der Waals surface area contributed by atoms with Gasteiger partial charge >= 0.3 is 0 Å². The van der Waals surface area contributed by atoms with Crippen LogP contribution in [-0.2, 0) is 19.3 Å². The van der Waals surface area contributed by atoms with Crippen molar-refractivity contribution in [2.24, 2.45) is 11.3 Å². The first-order valence-electron chi connectivity index (χ1n) is 11.1. The highest BCUT2D eigenvalue weighted by atomic mass is 14.6. The van der Waals surface area contributed by atoms with Crippen LogP contribution in [0.1, 0.15) is 35.1 Å². The second-order valence-corrected chi connectivity index (χ2v) is 9.33. The summed E-state index contributed by atoms with van der Waals surface area (Å²) in [6, 6.07) is 23.2. The van der Waals surface area contributed by atoms with E-state index in [1.807, 2.05) is 0 Å². The highest BCUT2D eigenvalue weighted by molar-refractivity contribution is 5.83. The maximum Gasteiger partial charge on any atom is 0.00312 e. The Kier molecular flexibility index (Phi) is 3.09. The molecule has 29 heavy (non-hydrogen) atoms. The molecule has 2 unspecified atom stereocenters. The van der Waals surface area contributed by atoms with E-state index >= 15 is 0 Å². The number of fused-ring (bicyclic) bond motifs is 5. The second-order valence-electron chi connectivity index (χ2n) is 9.33. The molecular weight excluding hydrogens is 348 g/mol. The van der Waals surface area contributed by atoms with Gasteiger partial charge in [-0.15, -0.1) is 0 Å². The highest BCUT2D eigenvalue weighted by Crippen LogP contribution is 2.67. The minimum absolute atomic E-state index is 0.489. The van der Waals surface area contributed by atoms with E-state index in [0.717, 1.165) is 18.8 Å². The lowest BCUT2D eigenvalue weighted by Gasteiger charge is -2.30. The van der Waals surface area contributed by atoms with Crippen molar-refractivity contribution in [3.8, 4) is 22.3 Å². The number of hydrogen-bond donors (Lipinski definition) is 0. The predicted molar refractivity (Wildman–Crippen MR) is 121 cm³/mol. The number of rotatable bonds is 1. The normalized spacial score (nSPS) is 25.1. The summed E-state index contributed by atoms with van der Waals surface area (Å²) in [6.45, 7) is 0. The molecule has 0 bridgehead atoms. The van der Waals surface area contributed by atoms with Crippen LogP contribution < -0.4 is 0 Å². The van der Waals surface area contributed by atoms with Crippen LogP contribution in [0.25, 0.3) is 27.8 Å². The van der Waals surface area contributed by atoms with Crippen LogP contribution in [0.5, 0.6) is 0 Å². The van der Waals surface area contributed by atoms with Gasteiger partial charge in [-0.25, -0.2) is 0 Å². The third kappa shape index (κ3) is 2.20. The van der Waals surface area contributed by atoms with Crippen LogP contribution in [0.3, 0.4) is 0 Å². The molecule has 0 heterocycles. The van der Waals surface area contributed by atoms with Gasteiger partial charge in [-0.2, -0.15) is 0 Å². The van der Waals surface area contributed by atoms with E-state index in [1.165, 1.54) is 58.2 Å². The van der Waals surface area contributed by atoms with E-state index in [9.17, 15) is 0 Å². The van der Waals surface area contributed by atoms with Crippen LogP contribution in [0.4, 0.5) is 0 Å². The van der Waals surface area contributed by atoms with E-state index in [0.29, 0.717) is 5.41 Å². The van der Waals surface area contributed by atoms with Crippen molar-refractivity contribution in [2.75, 3.05) is 0 Å². The summed E-state index contributed by atoms with van der Waals surface area (Å²) in [6.07, 6.45) is 13.3. The highest BCUT2D eigenvalue weighted by Gasteiger charge is 2.57. The Hall–Kier alpha value is -2.86. The SMILES string of the molecule is C1=CC2CC23CCc2cc(-c4ccc5c(c4)CCc4ccccc4-5)ccc2C3=C1. The summed E-state index contributed by atoms with van der Waals surface area (Å²) in [7, 11) is 0. The Morgan fingerprint density at radius 1 is 0.690 bits per heavy atom. The zero-order valence-corrected chi connectivity index (χ0v) is 16.6. The van der Waals surface area contributed by atoms with Gasteiger partial charge in [0.1, 0.15) is 0 Å². The van der Waals surface area contributed by atoms with Crippen LogP contribution >= 0.6 is 0 Å². The fraction of sp³-hybridized carbons (Fsp3) is 0.241. The standard InChI is InChI=1S/C29H24/c1-2-6-25-19(4-1)8-9-22-16-20(10-12-26(22)25)21-11-13-27-23(17-21)14-15-29-18-24(29)5-3-7-28(27)29/h1-7,10-13,16-17,24H,8-9,14-15,18H2. The zero-order valence-electron chi connectivity index (χ0n) is 16.6. The predicted octanol–water partition coefficient (Wildman–Crippen LogP) is 7.02. The summed E-state index contributed by atoms with van der Waals surface area (Å²) >= 11 is 0. The van der Waals surface area contributed by atoms with Crippen molar-refractivity contribution in [3.63, 3.8) is 0 Å². The molecule has 2 atom stereocenters. The third-order valence-corrected chi connectivity index (χ3v) is 7.92. The molecule has 1 spiro atoms. The maximum absolute atomic E-state index is 2.47. The van der Waals surface area contributed by atoms with Crippen LogP contribution in [0, 0.1) is 11.3 Å². The fourth-order valence-corrected chi connectivity index (χ4v) is 6.24. The average Bonchev–Trinajstić information content (AvgIpc) is 3.51. The molecular formula is C29H24. The molecule has 0 heteroatoms. The van der Waals surface area contributed by atoms with Gasteiger partial charge in [0.05, 0.1) is 0 Å². The van der Waals surface area contributed by atoms with E-state index in [-0.39, 0.29) is 0 Å². The molecule has 7 rings (SSSR count). The molecule has 0 nitrogen and oxygen atoms in total. The molecule has 1 fully saturated rings. The van der Waals surface area contributed by atoms with E-state index in [2.05, 4.69) is 78.9 Å². The smallest absolute Gasteiger partial charge is 0.00312 e. The Morgan fingerprint density at radius 3 is 2.31 bits per heavy atom. The van der Waals surface area contributed by atoms with Gasteiger partial charge in [0.15, 0.2) is 0 Å². The van der Waals surface area contributed by atoms with Gasteiger partial charge in [0.25, 0.3) is 0 Å². The Labute approximate surface area is 172 Å². The molecule has 1 saturated carbocycles. The summed E-state index contributed by atoms with van der Waals surface area (Å²) in [4.78, 5) is 0. The van der Waals surface area contributed by atoms with Crippen molar-refractivity contribution in [1.82, 2.24) is 0 Å². The topological polar surface area (TPSA) is 0 Å². The Morgan fingerprint density at radius 2 is 1.41 bits per heavy atom. The average molecular weight is 373 g/mol. The lowest BCUT2D eigenvalue weighted by Crippen LogP contribution is -2.17. The lowest BCUT2D eigenvalue weighted by atomic mass is 9.73. The van der Waals surface area contributed by atoms with Gasteiger partial charge < -0.3 is 0 Å². The van der Waals surface area contributed by atoms with Crippen molar-refractivity contribution < 1.29 is 0 Å². The summed E-state index contributed by atoms with van der Waals surface area (Å²) in [5.41, 5.74) is 13.7. The molecule has 4 aliphatic carbocycles. The maximum atomic E-state index is 2.47. The molecule has 4 aliphatic rings. The monoisotopic (exact) mass is 372 g/mol. The largest absolute Gasteiger partial charge is 0.0805 e. The van der Waals surface area contributed by atoms with E-state index in [4.69, 9.17) is 0 Å². The number of allylic oxidation sites excluding steroid dienone is 4. The van der Waals surface area contributed by atoms with E-state index in [1.54, 1.807) is 11.1 Å². The first-order valence-corrected chi connectivity index (χ1v) is 11.1. The Balaban J connectivity index is 1.30. The molecule has 3 aromatic rings. The van der Waals surface area contributed by atoms with Crippen LogP contribution in [-0.4, -0.2) is 0 Å². The number of aryl methyl sites for hydroxylation is 3. The van der Waals surface area contributed by atoms with Gasteiger partial charge in [-0.05, 0) is 88.1 Å². The molecule has 0 radical (unpaired) electrons. The first-order chi connectivity index (χ1) is 14.3. The van der Waals surface area contributed by atoms with Crippen molar-refractivity contribution in [1.29, 1.82) is 0 Å².